The SMILES string of the molecule is CCOC(=O)[C@@H](C=N[C@@H](C)C(=O)[O-])C(C)=O. The lowest BCUT2D eigenvalue weighted by Crippen LogP contribution is -2.33. The third-order valence-electron chi connectivity index (χ3n) is 1.78. The molecule has 2 atom stereocenters. The molecule has 6 heteroatoms. The van der Waals surface area contributed by atoms with E-state index in [4.69, 9.17) is 0 Å². The number of carbonyl (C=O) groups is 3. The van der Waals surface area contributed by atoms with Gasteiger partial charge in [-0.1, -0.05) is 0 Å². The highest BCUT2D eigenvalue weighted by atomic mass is 16.5. The van der Waals surface area contributed by atoms with Crippen molar-refractivity contribution in [2.75, 3.05) is 6.61 Å². The number of nitrogens with zero attached hydrogens (tertiary/aromatic N) is 1. The first-order valence-electron chi connectivity index (χ1n) is 4.81. The van der Waals surface area contributed by atoms with Crippen LogP contribution < -0.4 is 5.11 Å². The minimum Gasteiger partial charge on any atom is -0.548 e. The Balaban J connectivity index is 4.63. The van der Waals surface area contributed by atoms with Crippen LogP contribution >= 0.6 is 0 Å². The summed E-state index contributed by atoms with van der Waals surface area (Å²) < 4.78 is 4.64. The summed E-state index contributed by atoms with van der Waals surface area (Å²) in [5.74, 6) is -3.71. The predicted molar refractivity (Wildman–Crippen MR) is 53.8 cm³/mol. The number of Topliss-reactive ketones (excluding diaryl/α,β-unsaturated/α-hetero) is 1. The number of rotatable bonds is 6. The van der Waals surface area contributed by atoms with Gasteiger partial charge in [-0.15, -0.1) is 0 Å². The van der Waals surface area contributed by atoms with Gasteiger partial charge in [0.2, 0.25) is 0 Å². The molecule has 0 unspecified atom stereocenters. The number of ketones is 1. The highest BCUT2D eigenvalue weighted by Gasteiger charge is 2.22. The van der Waals surface area contributed by atoms with Crippen LogP contribution in [0.3, 0.4) is 0 Å². The number of aliphatic carboxylic acids is 1. The number of carboxylic acid groups (broad SMARTS) is 1. The quantitative estimate of drug-likeness (QED) is 0.329. The van der Waals surface area contributed by atoms with Gasteiger partial charge in [-0.3, -0.25) is 14.6 Å². The fraction of sp³-hybridized carbons (Fsp3) is 0.600. The predicted octanol–water partition coefficient (Wildman–Crippen LogP) is -1.04. The highest BCUT2D eigenvalue weighted by molar-refractivity contribution is 6.11. The molecule has 0 N–H and O–H groups in total. The largest absolute Gasteiger partial charge is 0.548 e. The fourth-order valence-electron chi connectivity index (χ4n) is 0.840. The molecule has 0 aromatic heterocycles. The molecule has 0 fully saturated rings. The maximum atomic E-state index is 11.3. The van der Waals surface area contributed by atoms with Crippen molar-refractivity contribution in [2.24, 2.45) is 10.9 Å². The molecule has 0 amide bonds. The molecule has 0 radical (unpaired) electrons. The van der Waals surface area contributed by atoms with Gasteiger partial charge in [-0.05, 0) is 20.8 Å². The normalized spacial score (nSPS) is 14.4. The minimum atomic E-state index is -1.37. The Bertz CT molecular complexity index is 310. The first-order chi connectivity index (χ1) is 7.40. The van der Waals surface area contributed by atoms with Gasteiger partial charge < -0.3 is 14.6 Å². The molecule has 0 saturated carbocycles. The summed E-state index contributed by atoms with van der Waals surface area (Å²) in [6.45, 7) is 4.24. The number of hydrogen-bond donors (Lipinski definition) is 0. The molecular formula is C10H14NO5-. The second-order valence-electron chi connectivity index (χ2n) is 3.13. The van der Waals surface area contributed by atoms with Crippen molar-refractivity contribution in [3.05, 3.63) is 0 Å². The third kappa shape index (κ3) is 4.68. The lowest BCUT2D eigenvalue weighted by Gasteiger charge is -2.10. The van der Waals surface area contributed by atoms with E-state index in [0.29, 0.717) is 0 Å². The van der Waals surface area contributed by atoms with Crippen LogP contribution in [0.4, 0.5) is 0 Å². The number of ether oxygens (including phenoxy) is 1. The molecule has 0 aliphatic rings. The van der Waals surface area contributed by atoms with E-state index in [1.807, 2.05) is 0 Å². The van der Waals surface area contributed by atoms with Crippen molar-refractivity contribution in [3.8, 4) is 0 Å². The van der Waals surface area contributed by atoms with E-state index in [9.17, 15) is 19.5 Å². The zero-order valence-electron chi connectivity index (χ0n) is 9.43. The topological polar surface area (TPSA) is 95.9 Å². The second kappa shape index (κ2) is 6.71. The highest BCUT2D eigenvalue weighted by Crippen LogP contribution is 2.00. The average Bonchev–Trinajstić information content (AvgIpc) is 2.17. The maximum absolute atomic E-state index is 11.3. The average molecular weight is 228 g/mol. The van der Waals surface area contributed by atoms with Gasteiger partial charge in [0, 0.05) is 6.21 Å². The van der Waals surface area contributed by atoms with Crippen molar-refractivity contribution in [1.82, 2.24) is 0 Å². The smallest absolute Gasteiger partial charge is 0.321 e. The number of esters is 1. The fourth-order valence-corrected chi connectivity index (χ4v) is 0.840. The van der Waals surface area contributed by atoms with Crippen LogP contribution in [-0.2, 0) is 19.1 Å². The van der Waals surface area contributed by atoms with Crippen LogP contribution in [0.15, 0.2) is 4.99 Å². The van der Waals surface area contributed by atoms with Gasteiger partial charge >= 0.3 is 5.97 Å². The van der Waals surface area contributed by atoms with Crippen LogP contribution in [0, 0.1) is 5.92 Å². The standard InChI is InChI=1S/C10H15NO5/c1-4-16-10(15)8(7(3)12)5-11-6(2)9(13)14/h5-6,8H,4H2,1-3H3,(H,13,14)/p-1/t6-,8-/m0/s1. The van der Waals surface area contributed by atoms with E-state index in [1.165, 1.54) is 13.8 Å². The lowest BCUT2D eigenvalue weighted by molar-refractivity contribution is -0.306. The van der Waals surface area contributed by atoms with Crippen molar-refractivity contribution in [2.45, 2.75) is 26.8 Å². The number of carboxylic acids is 1. The number of carbonyl (C=O) groups excluding carboxylic acids is 3. The van der Waals surface area contributed by atoms with E-state index < -0.39 is 29.7 Å². The Kier molecular flexibility index (Phi) is 5.99. The second-order valence-corrected chi connectivity index (χ2v) is 3.13. The molecule has 0 bridgehead atoms. The van der Waals surface area contributed by atoms with Crippen molar-refractivity contribution >= 4 is 23.9 Å². The summed E-state index contributed by atoms with van der Waals surface area (Å²) in [4.78, 5) is 36.2. The Morgan fingerprint density at radius 3 is 2.38 bits per heavy atom. The molecule has 16 heavy (non-hydrogen) atoms. The van der Waals surface area contributed by atoms with Crippen LogP contribution in [0.5, 0.6) is 0 Å². The molecular weight excluding hydrogens is 214 g/mol. The summed E-state index contributed by atoms with van der Waals surface area (Å²) in [7, 11) is 0. The molecule has 0 heterocycles. The van der Waals surface area contributed by atoms with Gasteiger partial charge in [0.05, 0.1) is 18.6 Å². The van der Waals surface area contributed by atoms with E-state index in [0.717, 1.165) is 6.21 Å². The Labute approximate surface area is 93.3 Å². The molecule has 0 aromatic rings. The Morgan fingerprint density at radius 1 is 1.44 bits per heavy atom. The zero-order valence-corrected chi connectivity index (χ0v) is 9.43. The van der Waals surface area contributed by atoms with Crippen LogP contribution in [0.25, 0.3) is 0 Å². The Hall–Kier alpha value is -1.72. The Morgan fingerprint density at radius 2 is 2.00 bits per heavy atom. The molecule has 0 aliphatic carbocycles. The van der Waals surface area contributed by atoms with E-state index in [2.05, 4.69) is 9.73 Å². The van der Waals surface area contributed by atoms with E-state index in [-0.39, 0.29) is 6.61 Å². The molecule has 0 spiro atoms. The van der Waals surface area contributed by atoms with E-state index >= 15 is 0 Å². The summed E-state index contributed by atoms with van der Waals surface area (Å²) in [5, 5.41) is 10.4. The van der Waals surface area contributed by atoms with Crippen LogP contribution in [0.1, 0.15) is 20.8 Å². The maximum Gasteiger partial charge on any atom is 0.321 e. The summed E-state index contributed by atoms with van der Waals surface area (Å²) in [6, 6.07) is -1.10. The molecule has 0 saturated heterocycles. The minimum absolute atomic E-state index is 0.145. The molecule has 0 aromatic carbocycles. The van der Waals surface area contributed by atoms with Gasteiger partial charge in [-0.2, -0.15) is 0 Å². The van der Waals surface area contributed by atoms with Gasteiger partial charge in [0.1, 0.15) is 11.7 Å². The summed E-state index contributed by atoms with van der Waals surface area (Å²) in [6.07, 6.45) is 0.987. The molecule has 0 rings (SSSR count). The van der Waals surface area contributed by atoms with Gasteiger partial charge in [-0.25, -0.2) is 0 Å². The van der Waals surface area contributed by atoms with Crippen LogP contribution in [0.2, 0.25) is 0 Å². The zero-order chi connectivity index (χ0) is 12.7. The molecule has 6 nitrogen and oxygen atoms in total. The van der Waals surface area contributed by atoms with Gasteiger partial charge in [0.25, 0.3) is 0 Å². The van der Waals surface area contributed by atoms with Crippen molar-refractivity contribution in [3.63, 3.8) is 0 Å². The van der Waals surface area contributed by atoms with Crippen LogP contribution in [-0.4, -0.2) is 36.6 Å². The first kappa shape index (κ1) is 14.3. The summed E-state index contributed by atoms with van der Waals surface area (Å²) in [5.41, 5.74) is 0. The summed E-state index contributed by atoms with van der Waals surface area (Å²) >= 11 is 0. The van der Waals surface area contributed by atoms with Gasteiger partial charge in [0.15, 0.2) is 0 Å². The molecule has 0 aliphatic heterocycles. The number of aliphatic imine (C=N–C) groups is 1. The third-order valence-corrected chi connectivity index (χ3v) is 1.78. The molecule has 90 valence electrons. The number of hydrogen-bond acceptors (Lipinski definition) is 6. The van der Waals surface area contributed by atoms with E-state index in [1.54, 1.807) is 6.92 Å². The lowest BCUT2D eigenvalue weighted by atomic mass is 10.1. The first-order valence-corrected chi connectivity index (χ1v) is 4.81. The van der Waals surface area contributed by atoms with Crippen molar-refractivity contribution in [1.29, 1.82) is 0 Å². The monoisotopic (exact) mass is 228 g/mol. The van der Waals surface area contributed by atoms with Crippen molar-refractivity contribution < 1.29 is 24.2 Å².